The molecule has 1 aliphatic heterocycles. The molecular formula is C39H58N4O6. The zero-order chi connectivity index (χ0) is 35.9. The molecule has 2 heterocycles. The number of Topliss-reactive ketones (excluding diaryl/α,β-unsaturated/α-hetero) is 4. The third-order valence-electron chi connectivity index (χ3n) is 11.2. The molecular weight excluding hydrogens is 620 g/mol. The molecule has 0 aromatic carbocycles. The smallest absolute Gasteiger partial charge is 0.272 e. The summed E-state index contributed by atoms with van der Waals surface area (Å²) in [5.41, 5.74) is -0.484. The number of hydrogen-bond donors (Lipinski definition) is 1. The van der Waals surface area contributed by atoms with E-state index in [1.165, 1.54) is 18.6 Å². The predicted molar refractivity (Wildman–Crippen MR) is 186 cm³/mol. The van der Waals surface area contributed by atoms with E-state index in [0.717, 1.165) is 44.9 Å². The van der Waals surface area contributed by atoms with E-state index in [9.17, 15) is 28.8 Å². The van der Waals surface area contributed by atoms with Crippen LogP contribution in [0.15, 0.2) is 18.6 Å². The number of amides is 2. The lowest BCUT2D eigenvalue weighted by Gasteiger charge is -2.37. The Kier molecular flexibility index (Phi) is 13.4. The minimum Gasteiger partial charge on any atom is -0.341 e. The van der Waals surface area contributed by atoms with Crippen LogP contribution in [-0.4, -0.2) is 68.4 Å². The number of nitrogens with zero attached hydrogens (tertiary/aromatic N) is 3. The van der Waals surface area contributed by atoms with E-state index < -0.39 is 41.0 Å². The molecule has 2 saturated carbocycles. The number of hydrogen-bond acceptors (Lipinski definition) is 8. The second-order valence-corrected chi connectivity index (χ2v) is 16.1. The maximum absolute atomic E-state index is 14.7. The van der Waals surface area contributed by atoms with Crippen molar-refractivity contribution in [2.24, 2.45) is 40.9 Å². The van der Waals surface area contributed by atoms with Gasteiger partial charge >= 0.3 is 0 Å². The Balaban J connectivity index is 1.57. The standard InChI is InChI=1S/C39H58N4O6/c1-7-12-27(36(47)33(46)19-25-15-16-25)20-32(45)35-28(8-2)24(3)23-43(35)38(49)29(39(4,5)6)21-31(44)34(26-13-10-9-11-14-26)42-37(48)30-22-40-17-18-41-30/h17-18,22,24-29,34-35H,7-16,19-21,23H2,1-6H3,(H,42,48)/t24-,27+,28-,29+,34-,35-/m0/s1. The van der Waals surface area contributed by atoms with Gasteiger partial charge in [0.15, 0.2) is 17.3 Å². The Morgan fingerprint density at radius 3 is 2.22 bits per heavy atom. The van der Waals surface area contributed by atoms with Gasteiger partial charge in [0.1, 0.15) is 5.69 Å². The summed E-state index contributed by atoms with van der Waals surface area (Å²) in [6.45, 7) is 12.2. The molecule has 0 radical (unpaired) electrons. The Morgan fingerprint density at radius 1 is 0.959 bits per heavy atom. The van der Waals surface area contributed by atoms with Crippen molar-refractivity contribution in [3.05, 3.63) is 24.3 Å². The molecule has 0 spiro atoms. The van der Waals surface area contributed by atoms with Crippen LogP contribution >= 0.6 is 0 Å². The summed E-state index contributed by atoms with van der Waals surface area (Å²) in [6, 6.07) is -1.48. The zero-order valence-electron chi connectivity index (χ0n) is 30.5. The molecule has 49 heavy (non-hydrogen) atoms. The van der Waals surface area contributed by atoms with Gasteiger partial charge in [-0.05, 0) is 61.2 Å². The molecule has 3 fully saturated rings. The molecule has 10 heteroatoms. The molecule has 1 saturated heterocycles. The quantitative estimate of drug-likeness (QED) is 0.199. The molecule has 270 valence electrons. The van der Waals surface area contributed by atoms with Crippen LogP contribution in [0.3, 0.4) is 0 Å². The second-order valence-electron chi connectivity index (χ2n) is 16.1. The number of likely N-dealkylation sites (tertiary alicyclic amines) is 1. The number of nitrogens with one attached hydrogen (secondary N) is 1. The molecule has 2 amide bonds. The van der Waals surface area contributed by atoms with Crippen LogP contribution in [0.25, 0.3) is 0 Å². The molecule has 1 aromatic rings. The summed E-state index contributed by atoms with van der Waals surface area (Å²) in [5, 5.41) is 2.96. The summed E-state index contributed by atoms with van der Waals surface area (Å²) in [5.74, 6) is -3.10. The third-order valence-corrected chi connectivity index (χ3v) is 11.2. The lowest BCUT2D eigenvalue weighted by molar-refractivity contribution is -0.147. The summed E-state index contributed by atoms with van der Waals surface area (Å²) >= 11 is 0. The van der Waals surface area contributed by atoms with Crippen molar-refractivity contribution < 1.29 is 28.8 Å². The highest BCUT2D eigenvalue weighted by Crippen LogP contribution is 2.40. The monoisotopic (exact) mass is 678 g/mol. The van der Waals surface area contributed by atoms with E-state index in [1.807, 2.05) is 41.5 Å². The second kappa shape index (κ2) is 17.1. The van der Waals surface area contributed by atoms with Crippen LogP contribution in [0, 0.1) is 40.9 Å². The first-order chi connectivity index (χ1) is 23.3. The van der Waals surface area contributed by atoms with Crippen LogP contribution in [0.5, 0.6) is 0 Å². The lowest BCUT2D eigenvalue weighted by atomic mass is 9.73. The number of carbonyl (C=O) groups excluding carboxylic acids is 6. The van der Waals surface area contributed by atoms with E-state index in [-0.39, 0.29) is 71.9 Å². The van der Waals surface area contributed by atoms with Gasteiger partial charge in [0.25, 0.3) is 5.91 Å². The zero-order valence-corrected chi connectivity index (χ0v) is 30.5. The third kappa shape index (κ3) is 9.91. The van der Waals surface area contributed by atoms with Crippen molar-refractivity contribution in [2.45, 2.75) is 137 Å². The molecule has 1 aromatic heterocycles. The highest BCUT2D eigenvalue weighted by molar-refractivity contribution is 6.38. The van der Waals surface area contributed by atoms with Crippen molar-refractivity contribution in [1.82, 2.24) is 20.2 Å². The SMILES string of the molecule is CCC[C@H](CC(=O)[C@@H]1[C@@H](CC)[C@@H](C)CN1C(=O)[C@@H](CC(=O)[C@@H](NC(=O)c1cnccn1)C1CCCCC1)C(C)(C)C)C(=O)C(=O)CC1CC1. The first-order valence-corrected chi connectivity index (χ1v) is 18.8. The van der Waals surface area contributed by atoms with E-state index in [2.05, 4.69) is 15.3 Å². The Hall–Kier alpha value is -3.30. The Labute approximate surface area is 292 Å². The fraction of sp³-hybridized carbons (Fsp3) is 0.744. The highest BCUT2D eigenvalue weighted by Gasteiger charge is 2.49. The van der Waals surface area contributed by atoms with Crippen LogP contribution in [0.4, 0.5) is 0 Å². The first kappa shape index (κ1) is 38.5. The van der Waals surface area contributed by atoms with Crippen LogP contribution in [0.1, 0.15) is 136 Å². The predicted octanol–water partition coefficient (Wildman–Crippen LogP) is 5.96. The maximum Gasteiger partial charge on any atom is 0.272 e. The molecule has 2 aliphatic carbocycles. The van der Waals surface area contributed by atoms with Crippen LogP contribution in [0.2, 0.25) is 0 Å². The summed E-state index contributed by atoms with van der Waals surface area (Å²) in [7, 11) is 0. The van der Waals surface area contributed by atoms with Crippen molar-refractivity contribution >= 4 is 34.9 Å². The van der Waals surface area contributed by atoms with Crippen molar-refractivity contribution in [3.8, 4) is 0 Å². The molecule has 6 atom stereocenters. The fourth-order valence-corrected chi connectivity index (χ4v) is 8.17. The van der Waals surface area contributed by atoms with E-state index >= 15 is 0 Å². The summed E-state index contributed by atoms with van der Waals surface area (Å²) < 4.78 is 0. The normalized spacial score (nSPS) is 23.4. The first-order valence-electron chi connectivity index (χ1n) is 18.8. The molecule has 0 bridgehead atoms. The Bertz CT molecular complexity index is 1350. The van der Waals surface area contributed by atoms with Gasteiger partial charge in [0, 0.05) is 50.0 Å². The van der Waals surface area contributed by atoms with Gasteiger partial charge in [-0.25, -0.2) is 4.98 Å². The topological polar surface area (TPSA) is 143 Å². The van der Waals surface area contributed by atoms with Crippen molar-refractivity contribution in [2.75, 3.05) is 6.54 Å². The lowest BCUT2D eigenvalue weighted by Crippen LogP contribution is -2.51. The average Bonchev–Trinajstić information content (AvgIpc) is 3.83. The summed E-state index contributed by atoms with van der Waals surface area (Å²) in [4.78, 5) is 92.2. The van der Waals surface area contributed by atoms with Gasteiger partial charge < -0.3 is 10.2 Å². The van der Waals surface area contributed by atoms with Gasteiger partial charge in [0.2, 0.25) is 11.7 Å². The minimum absolute atomic E-state index is 0.0427. The molecule has 4 rings (SSSR count). The number of rotatable bonds is 17. The molecule has 0 unspecified atom stereocenters. The average molecular weight is 679 g/mol. The minimum atomic E-state index is -0.764. The highest BCUT2D eigenvalue weighted by atomic mass is 16.2. The number of aromatic nitrogens is 2. The van der Waals surface area contributed by atoms with Gasteiger partial charge in [-0.2, -0.15) is 0 Å². The van der Waals surface area contributed by atoms with Crippen LogP contribution in [-0.2, 0) is 24.0 Å². The van der Waals surface area contributed by atoms with Gasteiger partial charge in [-0.1, -0.05) is 73.6 Å². The molecule has 10 nitrogen and oxygen atoms in total. The Morgan fingerprint density at radius 2 is 1.65 bits per heavy atom. The number of carbonyl (C=O) groups is 6. The van der Waals surface area contributed by atoms with E-state index in [1.54, 1.807) is 4.90 Å². The van der Waals surface area contributed by atoms with E-state index in [0.29, 0.717) is 25.8 Å². The maximum atomic E-state index is 14.7. The molecule has 3 aliphatic rings. The van der Waals surface area contributed by atoms with Gasteiger partial charge in [-0.15, -0.1) is 0 Å². The fourth-order valence-electron chi connectivity index (χ4n) is 8.17. The van der Waals surface area contributed by atoms with Crippen molar-refractivity contribution in [3.63, 3.8) is 0 Å². The van der Waals surface area contributed by atoms with Crippen molar-refractivity contribution in [1.29, 1.82) is 0 Å². The van der Waals surface area contributed by atoms with E-state index in [4.69, 9.17) is 0 Å². The van der Waals surface area contributed by atoms with Gasteiger partial charge in [0.05, 0.1) is 18.3 Å². The number of ketones is 4. The summed E-state index contributed by atoms with van der Waals surface area (Å²) in [6.07, 6.45) is 12.8. The molecule has 1 N–H and O–H groups in total. The van der Waals surface area contributed by atoms with Crippen LogP contribution < -0.4 is 5.32 Å². The van der Waals surface area contributed by atoms with Gasteiger partial charge in [-0.3, -0.25) is 33.8 Å². The largest absolute Gasteiger partial charge is 0.341 e.